The van der Waals surface area contributed by atoms with E-state index in [2.05, 4.69) is 87.9 Å². The Hall–Kier alpha value is -2.36. The highest BCUT2D eigenvalue weighted by Gasteiger charge is 2.28. The molecule has 0 bridgehead atoms. The van der Waals surface area contributed by atoms with Crippen molar-refractivity contribution in [3.63, 3.8) is 0 Å². The van der Waals surface area contributed by atoms with Gasteiger partial charge in [-0.15, -0.1) is 0 Å². The molecule has 0 aromatic heterocycles. The van der Waals surface area contributed by atoms with Crippen molar-refractivity contribution >= 4 is 17.8 Å². The smallest absolute Gasteiger partial charge is 0.101 e. The van der Waals surface area contributed by atoms with Gasteiger partial charge in [0.1, 0.15) is 6.04 Å². The summed E-state index contributed by atoms with van der Waals surface area (Å²) in [5, 5.41) is 2.06. The van der Waals surface area contributed by atoms with Crippen molar-refractivity contribution in [1.29, 1.82) is 0 Å². The molecular formula is C25H31NO2. The summed E-state index contributed by atoms with van der Waals surface area (Å²) in [7, 11) is 1.74. The summed E-state index contributed by atoms with van der Waals surface area (Å²) in [6.07, 6.45) is 7.35. The first kappa shape index (κ1) is 20.4. The molecule has 0 fully saturated rings. The third-order valence-corrected chi connectivity index (χ3v) is 5.33. The molecule has 0 N–H and O–H groups in total. The van der Waals surface area contributed by atoms with Gasteiger partial charge in [0.15, 0.2) is 0 Å². The largest absolute Gasteiger partial charge is 0.382 e. The van der Waals surface area contributed by atoms with Gasteiger partial charge in [-0.25, -0.2) is 5.06 Å². The molecule has 1 aliphatic heterocycles. The fraction of sp³-hybridized carbons (Fsp3) is 0.360. The van der Waals surface area contributed by atoms with Gasteiger partial charge in [-0.05, 0) is 56.0 Å². The Morgan fingerprint density at radius 2 is 1.89 bits per heavy atom. The number of hydroxylamine groups is 1. The third kappa shape index (κ3) is 4.21. The Bertz CT molecular complexity index is 871. The van der Waals surface area contributed by atoms with E-state index in [4.69, 9.17) is 9.57 Å². The van der Waals surface area contributed by atoms with Gasteiger partial charge in [0, 0.05) is 13.5 Å². The molecule has 3 atom stereocenters. The second kappa shape index (κ2) is 8.76. The highest BCUT2D eigenvalue weighted by atomic mass is 16.7. The van der Waals surface area contributed by atoms with Crippen molar-refractivity contribution in [3.05, 3.63) is 76.9 Å². The Kier molecular flexibility index (Phi) is 6.38. The SMILES string of the molecule is C=Cc1c(C)cc(C)cc1C1C=Cc2ccccc2N1OC(C)CC(C)OC. The first-order valence-electron chi connectivity index (χ1n) is 9.94. The lowest BCUT2D eigenvalue weighted by Gasteiger charge is -2.38. The molecular weight excluding hydrogens is 346 g/mol. The number of methoxy groups -OCH3 is 1. The van der Waals surface area contributed by atoms with E-state index in [-0.39, 0.29) is 18.2 Å². The van der Waals surface area contributed by atoms with Gasteiger partial charge in [-0.2, -0.15) is 0 Å². The van der Waals surface area contributed by atoms with Crippen molar-refractivity contribution in [2.75, 3.05) is 12.2 Å². The Labute approximate surface area is 169 Å². The van der Waals surface area contributed by atoms with Crippen molar-refractivity contribution in [3.8, 4) is 0 Å². The molecule has 2 aromatic carbocycles. The zero-order valence-corrected chi connectivity index (χ0v) is 17.6. The third-order valence-electron chi connectivity index (χ3n) is 5.33. The summed E-state index contributed by atoms with van der Waals surface area (Å²) in [4.78, 5) is 6.50. The molecule has 0 spiro atoms. The average Bonchev–Trinajstić information content (AvgIpc) is 2.67. The molecule has 1 heterocycles. The van der Waals surface area contributed by atoms with E-state index in [0.29, 0.717) is 0 Å². The van der Waals surface area contributed by atoms with Crippen LogP contribution < -0.4 is 5.06 Å². The molecule has 148 valence electrons. The lowest BCUT2D eigenvalue weighted by Crippen LogP contribution is -2.35. The topological polar surface area (TPSA) is 21.7 Å². The van der Waals surface area contributed by atoms with Crippen LogP contribution in [0.3, 0.4) is 0 Å². The predicted octanol–water partition coefficient (Wildman–Crippen LogP) is 6.27. The predicted molar refractivity (Wildman–Crippen MR) is 118 cm³/mol. The fourth-order valence-corrected chi connectivity index (χ4v) is 3.94. The van der Waals surface area contributed by atoms with Crippen LogP contribution in [0.15, 0.2) is 49.1 Å². The van der Waals surface area contributed by atoms with Gasteiger partial charge < -0.3 is 4.74 Å². The van der Waals surface area contributed by atoms with Crippen molar-refractivity contribution in [2.45, 2.75) is 52.4 Å². The first-order chi connectivity index (χ1) is 13.4. The summed E-state index contributed by atoms with van der Waals surface area (Å²) in [5.74, 6) is 0. The first-order valence-corrected chi connectivity index (χ1v) is 9.94. The standard InChI is InChI=1S/C25H31NO2/c1-7-22-18(3)14-17(2)15-23(22)25-13-12-21-10-8-9-11-24(21)26(25)28-20(5)16-19(4)27-6/h7-15,19-20,25H,1,16H2,2-6H3. The summed E-state index contributed by atoms with van der Waals surface area (Å²) >= 11 is 0. The van der Waals surface area contributed by atoms with Crippen LogP contribution >= 0.6 is 0 Å². The molecule has 0 radical (unpaired) electrons. The highest BCUT2D eigenvalue weighted by molar-refractivity contribution is 5.73. The molecule has 3 heteroatoms. The van der Waals surface area contributed by atoms with Gasteiger partial charge in [-0.3, -0.25) is 4.84 Å². The van der Waals surface area contributed by atoms with E-state index in [1.54, 1.807) is 7.11 Å². The zero-order chi connectivity index (χ0) is 20.3. The number of aryl methyl sites for hydroxylation is 2. The Morgan fingerprint density at radius 3 is 2.61 bits per heavy atom. The quantitative estimate of drug-likeness (QED) is 0.568. The molecule has 0 saturated carbocycles. The number of benzene rings is 2. The monoisotopic (exact) mass is 377 g/mol. The van der Waals surface area contributed by atoms with E-state index in [1.807, 2.05) is 6.08 Å². The molecule has 3 unspecified atom stereocenters. The average molecular weight is 378 g/mol. The van der Waals surface area contributed by atoms with Crippen LogP contribution in [0, 0.1) is 13.8 Å². The normalized spacial score (nSPS) is 17.9. The lowest BCUT2D eigenvalue weighted by atomic mass is 9.91. The maximum atomic E-state index is 6.50. The summed E-state index contributed by atoms with van der Waals surface area (Å²) in [5.41, 5.74) is 7.11. The number of hydrogen-bond acceptors (Lipinski definition) is 3. The minimum atomic E-state index is -0.0122. The van der Waals surface area contributed by atoms with E-state index >= 15 is 0 Å². The fourth-order valence-electron chi connectivity index (χ4n) is 3.94. The number of hydrogen-bond donors (Lipinski definition) is 0. The maximum absolute atomic E-state index is 6.50. The van der Waals surface area contributed by atoms with Crippen LogP contribution in [-0.4, -0.2) is 19.3 Å². The van der Waals surface area contributed by atoms with Gasteiger partial charge in [0.25, 0.3) is 0 Å². The maximum Gasteiger partial charge on any atom is 0.101 e. The van der Waals surface area contributed by atoms with Gasteiger partial charge in [-0.1, -0.05) is 60.7 Å². The highest BCUT2D eigenvalue weighted by Crippen LogP contribution is 2.39. The number of fused-ring (bicyclic) bond motifs is 1. The van der Waals surface area contributed by atoms with E-state index in [1.165, 1.54) is 22.3 Å². The number of anilines is 1. The van der Waals surface area contributed by atoms with Crippen LogP contribution in [0.1, 0.15) is 54.1 Å². The lowest BCUT2D eigenvalue weighted by molar-refractivity contribution is -0.00559. The summed E-state index contributed by atoms with van der Waals surface area (Å²) in [6.45, 7) is 12.5. The second-order valence-corrected chi connectivity index (χ2v) is 7.68. The van der Waals surface area contributed by atoms with Gasteiger partial charge in [0.2, 0.25) is 0 Å². The Morgan fingerprint density at radius 1 is 1.14 bits per heavy atom. The van der Waals surface area contributed by atoms with Gasteiger partial charge in [0.05, 0.1) is 17.9 Å². The molecule has 3 rings (SSSR count). The minimum absolute atomic E-state index is 0.0122. The van der Waals surface area contributed by atoms with Crippen LogP contribution in [0.4, 0.5) is 5.69 Å². The van der Waals surface area contributed by atoms with Crippen LogP contribution in [0.2, 0.25) is 0 Å². The van der Waals surface area contributed by atoms with Crippen LogP contribution in [0.25, 0.3) is 12.2 Å². The zero-order valence-electron chi connectivity index (χ0n) is 17.6. The molecule has 2 aromatic rings. The van der Waals surface area contributed by atoms with Crippen molar-refractivity contribution in [2.24, 2.45) is 0 Å². The number of nitrogens with zero attached hydrogens (tertiary/aromatic N) is 1. The van der Waals surface area contributed by atoms with E-state index in [9.17, 15) is 0 Å². The summed E-state index contributed by atoms with van der Waals surface area (Å²) < 4.78 is 5.43. The molecule has 28 heavy (non-hydrogen) atoms. The number of para-hydroxylation sites is 1. The van der Waals surface area contributed by atoms with Crippen molar-refractivity contribution in [1.82, 2.24) is 0 Å². The van der Waals surface area contributed by atoms with Crippen molar-refractivity contribution < 1.29 is 9.57 Å². The second-order valence-electron chi connectivity index (χ2n) is 7.68. The van der Waals surface area contributed by atoms with E-state index in [0.717, 1.165) is 17.7 Å². The number of ether oxygens (including phenoxy) is 1. The molecule has 3 nitrogen and oxygen atoms in total. The van der Waals surface area contributed by atoms with E-state index < -0.39 is 0 Å². The molecule has 1 aliphatic rings. The minimum Gasteiger partial charge on any atom is -0.382 e. The molecule has 0 saturated heterocycles. The summed E-state index contributed by atoms with van der Waals surface area (Å²) in [6, 6.07) is 12.8. The Balaban J connectivity index is 2.04. The van der Waals surface area contributed by atoms with Crippen LogP contribution in [0.5, 0.6) is 0 Å². The molecule has 0 aliphatic carbocycles. The number of rotatable bonds is 7. The van der Waals surface area contributed by atoms with Crippen LogP contribution in [-0.2, 0) is 9.57 Å². The van der Waals surface area contributed by atoms with Gasteiger partial charge >= 0.3 is 0 Å². The molecule has 0 amide bonds.